The van der Waals surface area contributed by atoms with Crippen molar-refractivity contribution in [1.82, 2.24) is 0 Å². The van der Waals surface area contributed by atoms with Crippen molar-refractivity contribution in [3.05, 3.63) is 0 Å². The molecule has 0 saturated carbocycles. The minimum absolute atomic E-state index is 0.153. The summed E-state index contributed by atoms with van der Waals surface area (Å²) in [4.78, 5) is 18.3. The van der Waals surface area contributed by atoms with Gasteiger partial charge in [-0.15, -0.1) is 0 Å². The van der Waals surface area contributed by atoms with Crippen LogP contribution in [0.1, 0.15) is 6.92 Å². The summed E-state index contributed by atoms with van der Waals surface area (Å²) in [5.41, 5.74) is 0. The van der Waals surface area contributed by atoms with Crippen LogP contribution in [0.2, 0.25) is 5.28 Å². The van der Waals surface area contributed by atoms with E-state index >= 15 is 0 Å². The van der Waals surface area contributed by atoms with E-state index < -0.39 is 28.8 Å². The van der Waals surface area contributed by atoms with Gasteiger partial charge in [0.15, 0.2) is 0 Å². The molecule has 86 valence electrons. The summed E-state index contributed by atoms with van der Waals surface area (Å²) in [5, 5.41) is 24.2. The van der Waals surface area contributed by atoms with Gasteiger partial charge >= 0.3 is 55.8 Å². The zero-order valence-corrected chi connectivity index (χ0v) is 11.1. The molecule has 0 aromatic rings. The van der Waals surface area contributed by atoms with Gasteiger partial charge in [-0.1, -0.05) is 9.13 Å². The molecule has 0 aliphatic carbocycles. The van der Waals surface area contributed by atoms with Gasteiger partial charge < -0.3 is 20.0 Å². The van der Waals surface area contributed by atoms with Gasteiger partial charge in [-0.05, 0) is 0 Å². The molecule has 0 radical (unpaired) electrons. The zero-order valence-electron chi connectivity index (χ0n) is 8.15. The van der Waals surface area contributed by atoms with E-state index in [0.29, 0.717) is 0 Å². The minimum Gasteiger partial charge on any atom is -0.594 e. The molecule has 15 heavy (non-hydrogen) atoms. The molecule has 3 unspecified atom stereocenters. The number of hydrogen-bond donors (Lipinski definition) is 3. The molecule has 0 rings (SSSR count). The van der Waals surface area contributed by atoms with E-state index in [1.165, 1.54) is 0 Å². The standard InChI is InChI=1S/C3H7O.2CH3O3P.Al/c1-3(2)4;2*2-1-5(3)4;/h3-4H,1H2,2H3;2*2H,1H2;/q;;;+2. The Morgan fingerprint density at radius 1 is 1.20 bits per heavy atom. The molecule has 3 atom stereocenters. The first-order valence-electron chi connectivity index (χ1n) is 3.65. The Morgan fingerprint density at radius 3 is 1.33 bits per heavy atom. The maximum atomic E-state index is 9.16. The second-order valence-corrected chi connectivity index (χ2v) is 4.40. The molecule has 0 fully saturated rings. The first-order valence-corrected chi connectivity index (χ1v) is 7.19. The van der Waals surface area contributed by atoms with Crippen LogP contribution in [0.5, 0.6) is 0 Å². The van der Waals surface area contributed by atoms with Crippen LogP contribution in [0.3, 0.4) is 0 Å². The smallest absolute Gasteiger partial charge is 0.337 e. The average Bonchev–Trinajstić information content (AvgIpc) is 2.19. The van der Waals surface area contributed by atoms with Crippen molar-refractivity contribution < 1.29 is 34.2 Å². The van der Waals surface area contributed by atoms with Crippen molar-refractivity contribution in [2.45, 2.75) is 18.3 Å². The molecule has 0 aliphatic rings. The van der Waals surface area contributed by atoms with E-state index in [-0.39, 0.29) is 6.10 Å². The summed E-state index contributed by atoms with van der Waals surface area (Å²) in [5.74, 6) is 0. The third kappa shape index (κ3) is 53.5. The fraction of sp³-hybridized carbons (Fsp3) is 1.00. The monoisotopic (exact) mass is 274 g/mol. The predicted molar refractivity (Wildman–Crippen MR) is 51.6 cm³/mol. The number of rotatable bonds is 3. The average molecular weight is 274 g/mol. The van der Waals surface area contributed by atoms with Gasteiger partial charge in [0.1, 0.15) is 0 Å². The molecule has 0 aromatic heterocycles. The van der Waals surface area contributed by atoms with Crippen LogP contribution in [0.4, 0.5) is 0 Å². The quantitative estimate of drug-likeness (QED) is 0.400. The van der Waals surface area contributed by atoms with Gasteiger partial charge in [-0.25, -0.2) is 0 Å². The molecular formula is C5H13AlO7P2+2. The van der Waals surface area contributed by atoms with E-state index in [9.17, 15) is 0 Å². The van der Waals surface area contributed by atoms with Crippen molar-refractivity contribution in [1.29, 1.82) is 0 Å². The molecule has 0 bridgehead atoms. The summed E-state index contributed by atoms with van der Waals surface area (Å²) in [7, 11) is -5.09. The Labute approximate surface area is 97.9 Å². The van der Waals surface area contributed by atoms with Crippen LogP contribution < -0.4 is 9.79 Å². The van der Waals surface area contributed by atoms with E-state index in [1.807, 2.05) is 0 Å². The molecular weight excluding hydrogens is 261 g/mol. The van der Waals surface area contributed by atoms with Crippen molar-refractivity contribution in [3.63, 3.8) is 0 Å². The normalized spacial score (nSPS) is 12.5. The van der Waals surface area contributed by atoms with Crippen molar-refractivity contribution in [2.75, 3.05) is 12.7 Å². The molecule has 0 aliphatic heterocycles. The second kappa shape index (κ2) is 16.9. The van der Waals surface area contributed by atoms with E-state index in [4.69, 9.17) is 34.2 Å². The summed E-state index contributed by atoms with van der Waals surface area (Å²) >= 11 is 2.44. The van der Waals surface area contributed by atoms with Gasteiger partial charge in [0, 0.05) is 0 Å². The summed E-state index contributed by atoms with van der Waals surface area (Å²) in [6.45, 7) is 1.76. The van der Waals surface area contributed by atoms with Gasteiger partial charge in [-0.2, -0.15) is 0 Å². The van der Waals surface area contributed by atoms with Gasteiger partial charge in [0.25, 0.3) is 0 Å². The second-order valence-electron chi connectivity index (χ2n) is 2.03. The molecule has 0 heterocycles. The SMILES string of the molecule is CC(O)[CH2][Al+2].O=[P+]([O-])CO.O=[P+]([O-])CO. The largest absolute Gasteiger partial charge is 0.594 e. The third-order valence-electron chi connectivity index (χ3n) is 0.572. The fourth-order valence-corrected chi connectivity index (χ4v) is 0. The summed E-state index contributed by atoms with van der Waals surface area (Å²) in [6.07, 6.45) is -1.63. The summed E-state index contributed by atoms with van der Waals surface area (Å²) < 4.78 is 18.3. The van der Waals surface area contributed by atoms with Crippen molar-refractivity contribution in [2.24, 2.45) is 0 Å². The number of hydrogen-bond acceptors (Lipinski definition) is 7. The Balaban J connectivity index is -0.000000144. The van der Waals surface area contributed by atoms with Crippen LogP contribution in [0.25, 0.3) is 0 Å². The topological polar surface area (TPSA) is 141 Å². The fourth-order valence-electron chi connectivity index (χ4n) is 0. The maximum Gasteiger partial charge on any atom is 0.337 e. The zero-order chi connectivity index (χ0) is 12.9. The Hall–Kier alpha value is 0.532. The predicted octanol–water partition coefficient (Wildman–Crippen LogP) is -1.97. The van der Waals surface area contributed by atoms with Crippen LogP contribution >= 0.6 is 16.1 Å². The van der Waals surface area contributed by atoms with Gasteiger partial charge in [0.2, 0.25) is 12.7 Å². The molecule has 0 amide bonds. The minimum atomic E-state index is -2.54. The Bertz CT molecular complexity index is 151. The van der Waals surface area contributed by atoms with Crippen LogP contribution in [0.15, 0.2) is 0 Å². The van der Waals surface area contributed by atoms with Crippen molar-refractivity contribution >= 4 is 32.3 Å². The first kappa shape index (κ1) is 20.9. The van der Waals surface area contributed by atoms with Crippen molar-refractivity contribution in [3.8, 4) is 0 Å². The van der Waals surface area contributed by atoms with E-state index in [0.717, 1.165) is 5.28 Å². The number of aliphatic hydroxyl groups is 3. The van der Waals surface area contributed by atoms with E-state index in [2.05, 4.69) is 16.3 Å². The molecule has 3 N–H and O–H groups in total. The van der Waals surface area contributed by atoms with Crippen LogP contribution in [-0.2, 0) is 9.13 Å². The molecule has 0 spiro atoms. The summed E-state index contributed by atoms with van der Waals surface area (Å²) in [6, 6.07) is 0. The van der Waals surface area contributed by atoms with Crippen LogP contribution in [0, 0.1) is 0 Å². The van der Waals surface area contributed by atoms with Gasteiger partial charge in [0.05, 0.1) is 0 Å². The first-order chi connectivity index (χ1) is 6.81. The molecule has 0 aromatic carbocycles. The molecule has 10 heteroatoms. The maximum absolute atomic E-state index is 9.16. The van der Waals surface area contributed by atoms with Gasteiger partial charge in [-0.3, -0.25) is 0 Å². The Kier molecular flexibility index (Phi) is 23.6. The van der Waals surface area contributed by atoms with Crippen LogP contribution in [-0.4, -0.2) is 50.4 Å². The number of aliphatic hydroxyl groups excluding tert-OH is 3. The van der Waals surface area contributed by atoms with E-state index in [1.54, 1.807) is 6.92 Å². The molecule has 7 nitrogen and oxygen atoms in total. The molecule has 0 saturated heterocycles. The third-order valence-corrected chi connectivity index (χ3v) is 1.72. The Morgan fingerprint density at radius 2 is 1.33 bits per heavy atom.